The number of amides is 2. The molecule has 1 heterocycles. The fourth-order valence-electron chi connectivity index (χ4n) is 5.50. The number of nitrogens with one attached hydrogen (secondary N) is 1. The fourth-order valence-corrected chi connectivity index (χ4v) is 5.50. The van der Waals surface area contributed by atoms with E-state index in [4.69, 9.17) is 0 Å². The molecule has 0 saturated carbocycles. The van der Waals surface area contributed by atoms with Crippen LogP contribution in [0.3, 0.4) is 0 Å². The average molecular weight is 500 g/mol. The Bertz CT molecular complexity index is 1130. The summed E-state index contributed by atoms with van der Waals surface area (Å²) < 4.78 is 0. The summed E-state index contributed by atoms with van der Waals surface area (Å²) >= 11 is 0. The van der Waals surface area contributed by atoms with Crippen molar-refractivity contribution in [3.63, 3.8) is 0 Å². The molecule has 0 bridgehead atoms. The second-order valence-electron chi connectivity index (χ2n) is 10.2. The molecule has 0 radical (unpaired) electrons. The number of likely N-dealkylation sites (tertiary alicyclic amines) is 1. The summed E-state index contributed by atoms with van der Waals surface area (Å²) in [6.45, 7) is 3.27. The second-order valence-corrected chi connectivity index (χ2v) is 10.2. The SMILES string of the molecule is CC(CC(C(=O)N(C)C)(c1ccccc1)c1ccccc1)N1CC[C@H](NC(=O)c2ccccc2)[C@H](O)C1. The van der Waals surface area contributed by atoms with Gasteiger partial charge < -0.3 is 15.3 Å². The second kappa shape index (κ2) is 11.7. The van der Waals surface area contributed by atoms with Crippen LogP contribution in [0.2, 0.25) is 0 Å². The number of carbonyl (C=O) groups is 2. The molecule has 3 aromatic carbocycles. The summed E-state index contributed by atoms with van der Waals surface area (Å²) in [6, 6.07) is 28.7. The van der Waals surface area contributed by atoms with Crippen molar-refractivity contribution in [1.82, 2.24) is 15.1 Å². The lowest BCUT2D eigenvalue weighted by atomic mass is 9.69. The highest BCUT2D eigenvalue weighted by Crippen LogP contribution is 2.39. The third-order valence-corrected chi connectivity index (χ3v) is 7.50. The van der Waals surface area contributed by atoms with E-state index in [1.165, 1.54) is 0 Å². The van der Waals surface area contributed by atoms with Crippen molar-refractivity contribution in [1.29, 1.82) is 0 Å². The third kappa shape index (κ3) is 5.76. The Morgan fingerprint density at radius 2 is 1.46 bits per heavy atom. The zero-order chi connectivity index (χ0) is 26.4. The first-order valence-electron chi connectivity index (χ1n) is 12.9. The van der Waals surface area contributed by atoms with E-state index in [-0.39, 0.29) is 23.9 Å². The first-order chi connectivity index (χ1) is 17.8. The number of hydrogen-bond donors (Lipinski definition) is 2. The summed E-state index contributed by atoms with van der Waals surface area (Å²) in [5.74, 6) is -0.141. The Kier molecular flexibility index (Phi) is 8.41. The number of benzene rings is 3. The van der Waals surface area contributed by atoms with Gasteiger partial charge in [0.15, 0.2) is 0 Å². The molecule has 2 amide bonds. The summed E-state index contributed by atoms with van der Waals surface area (Å²) in [7, 11) is 3.61. The third-order valence-electron chi connectivity index (χ3n) is 7.50. The largest absolute Gasteiger partial charge is 0.390 e. The number of β-amino-alcohol motifs (C(OH)–C–C–N with tert-alkyl or cyclic N) is 1. The van der Waals surface area contributed by atoms with Crippen LogP contribution in [0.5, 0.6) is 0 Å². The van der Waals surface area contributed by atoms with Crippen molar-refractivity contribution in [3.05, 3.63) is 108 Å². The summed E-state index contributed by atoms with van der Waals surface area (Å²) in [4.78, 5) is 30.5. The fraction of sp³-hybridized carbons (Fsp3) is 0.355. The maximum absolute atomic E-state index is 14.0. The van der Waals surface area contributed by atoms with Gasteiger partial charge in [0.05, 0.1) is 12.1 Å². The van der Waals surface area contributed by atoms with E-state index in [0.29, 0.717) is 31.5 Å². The Labute approximate surface area is 219 Å². The van der Waals surface area contributed by atoms with Crippen molar-refractivity contribution in [2.24, 2.45) is 0 Å². The minimum absolute atomic E-state index is 0.00439. The number of likely N-dealkylation sites (N-methyl/N-ethyl adjacent to an activating group) is 1. The van der Waals surface area contributed by atoms with Crippen LogP contribution in [0.1, 0.15) is 41.3 Å². The number of rotatable bonds is 8. The van der Waals surface area contributed by atoms with Gasteiger partial charge in [0.25, 0.3) is 5.91 Å². The molecule has 1 saturated heterocycles. The molecule has 1 fully saturated rings. The number of aliphatic hydroxyl groups is 1. The van der Waals surface area contributed by atoms with Crippen molar-refractivity contribution >= 4 is 11.8 Å². The Balaban J connectivity index is 1.56. The predicted molar refractivity (Wildman–Crippen MR) is 146 cm³/mol. The van der Waals surface area contributed by atoms with Gasteiger partial charge in [0.1, 0.15) is 5.41 Å². The van der Waals surface area contributed by atoms with Crippen molar-refractivity contribution in [3.8, 4) is 0 Å². The summed E-state index contributed by atoms with van der Waals surface area (Å²) in [5, 5.41) is 14.0. The molecule has 1 unspecified atom stereocenters. The van der Waals surface area contributed by atoms with Gasteiger partial charge in [-0.3, -0.25) is 14.5 Å². The molecule has 1 aliphatic rings. The van der Waals surface area contributed by atoms with E-state index in [1.807, 2.05) is 78.9 Å². The summed E-state index contributed by atoms with van der Waals surface area (Å²) in [6.07, 6.45) is 0.498. The smallest absolute Gasteiger partial charge is 0.251 e. The number of hydrogen-bond acceptors (Lipinski definition) is 4. The molecular weight excluding hydrogens is 462 g/mol. The van der Waals surface area contributed by atoms with Crippen molar-refractivity contribution < 1.29 is 14.7 Å². The quantitative estimate of drug-likeness (QED) is 0.496. The normalized spacial score (nSPS) is 19.1. The topological polar surface area (TPSA) is 72.9 Å². The lowest BCUT2D eigenvalue weighted by molar-refractivity contribution is -0.134. The van der Waals surface area contributed by atoms with Crippen molar-refractivity contribution in [2.45, 2.75) is 43.4 Å². The van der Waals surface area contributed by atoms with E-state index >= 15 is 0 Å². The maximum atomic E-state index is 14.0. The number of aliphatic hydroxyl groups excluding tert-OH is 1. The maximum Gasteiger partial charge on any atom is 0.251 e. The molecular formula is C31H37N3O3. The Hall–Kier alpha value is -3.48. The van der Waals surface area contributed by atoms with E-state index in [1.54, 1.807) is 31.1 Å². The van der Waals surface area contributed by atoms with Crippen LogP contribution in [0.25, 0.3) is 0 Å². The molecule has 4 rings (SSSR count). The zero-order valence-electron chi connectivity index (χ0n) is 21.9. The summed E-state index contributed by atoms with van der Waals surface area (Å²) in [5.41, 5.74) is 1.63. The average Bonchev–Trinajstić information content (AvgIpc) is 2.93. The highest BCUT2D eigenvalue weighted by atomic mass is 16.3. The van der Waals surface area contributed by atoms with Crippen molar-refractivity contribution in [2.75, 3.05) is 27.2 Å². The van der Waals surface area contributed by atoms with Crippen LogP contribution in [0.4, 0.5) is 0 Å². The van der Waals surface area contributed by atoms with E-state index in [9.17, 15) is 14.7 Å². The van der Waals surface area contributed by atoms with E-state index in [2.05, 4.69) is 17.1 Å². The molecule has 0 spiro atoms. The minimum Gasteiger partial charge on any atom is -0.390 e. The van der Waals surface area contributed by atoms with Gasteiger partial charge >= 0.3 is 0 Å². The molecule has 37 heavy (non-hydrogen) atoms. The number of carbonyl (C=O) groups excluding carboxylic acids is 2. The van der Waals surface area contributed by atoms with E-state index in [0.717, 1.165) is 11.1 Å². The Morgan fingerprint density at radius 1 is 0.946 bits per heavy atom. The van der Waals surface area contributed by atoms with Crippen LogP contribution in [-0.4, -0.2) is 72.1 Å². The molecule has 6 nitrogen and oxygen atoms in total. The first kappa shape index (κ1) is 26.6. The molecule has 0 aliphatic carbocycles. The molecule has 3 aromatic rings. The monoisotopic (exact) mass is 499 g/mol. The van der Waals surface area contributed by atoms with Gasteiger partial charge in [0, 0.05) is 38.8 Å². The van der Waals surface area contributed by atoms with Gasteiger partial charge in [-0.05, 0) is 43.0 Å². The van der Waals surface area contributed by atoms with Crippen LogP contribution >= 0.6 is 0 Å². The molecule has 2 N–H and O–H groups in total. The van der Waals surface area contributed by atoms with Gasteiger partial charge in [-0.15, -0.1) is 0 Å². The number of piperidine rings is 1. The lowest BCUT2D eigenvalue weighted by Gasteiger charge is -2.44. The predicted octanol–water partition coefficient (Wildman–Crippen LogP) is 3.70. The highest BCUT2D eigenvalue weighted by Gasteiger charge is 2.45. The molecule has 0 aromatic heterocycles. The molecule has 3 atom stereocenters. The van der Waals surface area contributed by atoms with E-state index < -0.39 is 11.5 Å². The van der Waals surface area contributed by atoms with Crippen LogP contribution in [0, 0.1) is 0 Å². The van der Waals surface area contributed by atoms with Gasteiger partial charge in [-0.1, -0.05) is 78.9 Å². The zero-order valence-corrected chi connectivity index (χ0v) is 21.9. The van der Waals surface area contributed by atoms with Crippen LogP contribution < -0.4 is 5.32 Å². The van der Waals surface area contributed by atoms with Gasteiger partial charge in [-0.2, -0.15) is 0 Å². The number of nitrogens with zero attached hydrogens (tertiary/aromatic N) is 2. The van der Waals surface area contributed by atoms with Crippen LogP contribution in [0.15, 0.2) is 91.0 Å². The van der Waals surface area contributed by atoms with Gasteiger partial charge in [-0.25, -0.2) is 0 Å². The van der Waals surface area contributed by atoms with Crippen LogP contribution in [-0.2, 0) is 10.2 Å². The molecule has 6 heteroatoms. The van der Waals surface area contributed by atoms with Gasteiger partial charge in [0.2, 0.25) is 5.91 Å². The minimum atomic E-state index is -0.866. The molecule has 1 aliphatic heterocycles. The first-order valence-corrected chi connectivity index (χ1v) is 12.9. The highest BCUT2D eigenvalue weighted by molar-refractivity contribution is 5.94. The lowest BCUT2D eigenvalue weighted by Crippen LogP contribution is -2.57. The molecule has 194 valence electrons. The Morgan fingerprint density at radius 3 is 1.95 bits per heavy atom. The standard InChI is InChI=1S/C31H37N3O3/c1-23(34-20-19-27(28(35)22-34)32-29(36)24-13-7-4-8-14-24)21-31(30(37)33(2)3,25-15-9-5-10-16-25)26-17-11-6-12-18-26/h4-18,23,27-28,35H,19-22H2,1-3H3,(H,32,36)/t23?,27-,28+/m0/s1.